The van der Waals surface area contributed by atoms with E-state index in [0.29, 0.717) is 5.57 Å². The summed E-state index contributed by atoms with van der Waals surface area (Å²) >= 11 is 1.50. The lowest BCUT2D eigenvalue weighted by Crippen LogP contribution is -2.22. The molecule has 0 saturated heterocycles. The summed E-state index contributed by atoms with van der Waals surface area (Å²) in [6.45, 7) is 2.00. The zero-order valence-corrected chi connectivity index (χ0v) is 12.9. The first-order valence-corrected chi connectivity index (χ1v) is 7.77. The maximum atomic E-state index is 11.1. The van der Waals surface area contributed by atoms with Gasteiger partial charge in [0, 0.05) is 12.4 Å². The lowest BCUT2D eigenvalue weighted by molar-refractivity contribution is -0.304. The molecule has 3 rings (SSSR count). The molecule has 0 aliphatic carbocycles. The van der Waals surface area contributed by atoms with Gasteiger partial charge in [-0.05, 0) is 41.8 Å². The molecule has 0 saturated carbocycles. The third-order valence-corrected chi connectivity index (χ3v) is 4.53. The highest BCUT2D eigenvalue weighted by atomic mass is 32.1. The normalized spacial score (nSPS) is 11.8. The van der Waals surface area contributed by atoms with Crippen LogP contribution in [0.25, 0.3) is 21.9 Å². The lowest BCUT2D eigenvalue weighted by Gasteiger charge is -2.07. The molecule has 0 spiro atoms. The van der Waals surface area contributed by atoms with Crippen molar-refractivity contribution in [2.45, 2.75) is 13.3 Å². The lowest BCUT2D eigenvalue weighted by atomic mass is 10.0. The number of para-hydroxylation sites is 1. The molecule has 1 heterocycles. The summed E-state index contributed by atoms with van der Waals surface area (Å²) in [4.78, 5) is 15.6. The minimum atomic E-state index is -1.10. The Hall–Kier alpha value is -2.46. The number of carboxylic acid groups (broad SMARTS) is 1. The quantitative estimate of drug-likeness (QED) is 0.743. The molecule has 2 aromatic carbocycles. The Balaban J connectivity index is 2.10. The van der Waals surface area contributed by atoms with Gasteiger partial charge in [-0.3, -0.25) is 0 Å². The molecule has 22 heavy (non-hydrogen) atoms. The van der Waals surface area contributed by atoms with Gasteiger partial charge >= 0.3 is 0 Å². The molecule has 0 bridgehead atoms. The monoisotopic (exact) mass is 308 g/mol. The van der Waals surface area contributed by atoms with Crippen molar-refractivity contribution in [2.24, 2.45) is 0 Å². The summed E-state index contributed by atoms with van der Waals surface area (Å²) in [5.74, 6) is -1.10. The van der Waals surface area contributed by atoms with Gasteiger partial charge in [-0.2, -0.15) is 0 Å². The molecule has 0 unspecified atom stereocenters. The zero-order chi connectivity index (χ0) is 15.5. The van der Waals surface area contributed by atoms with Crippen molar-refractivity contribution >= 4 is 39.2 Å². The predicted octanol–water partition coefficient (Wildman–Crippen LogP) is 3.29. The molecule has 0 aliphatic rings. The second-order valence-electron chi connectivity index (χ2n) is 5.06. The number of aryl methyl sites for hydroxylation is 1. The minimum Gasteiger partial charge on any atom is -0.550 e. The molecule has 1 aromatic heterocycles. The Kier molecular flexibility index (Phi) is 4.02. The highest BCUT2D eigenvalue weighted by molar-refractivity contribution is 7.19. The van der Waals surface area contributed by atoms with Crippen LogP contribution in [0.5, 0.6) is 0 Å². The van der Waals surface area contributed by atoms with Crippen LogP contribution >= 0.6 is 11.3 Å². The summed E-state index contributed by atoms with van der Waals surface area (Å²) < 4.78 is 1.05. The molecule has 0 aliphatic heterocycles. The molecule has 110 valence electrons. The van der Waals surface area contributed by atoms with E-state index in [0.717, 1.165) is 26.4 Å². The largest absolute Gasteiger partial charge is 0.550 e. The van der Waals surface area contributed by atoms with Gasteiger partial charge in [0.15, 0.2) is 0 Å². The van der Waals surface area contributed by atoms with E-state index in [4.69, 9.17) is 0 Å². The molecular weight excluding hydrogens is 294 g/mol. The van der Waals surface area contributed by atoms with E-state index in [1.54, 1.807) is 0 Å². The van der Waals surface area contributed by atoms with Crippen LogP contribution in [0.3, 0.4) is 0 Å². The smallest absolute Gasteiger partial charge is 0.120 e. The average Bonchev–Trinajstić information content (AvgIpc) is 2.92. The second kappa shape index (κ2) is 6.12. The predicted molar refractivity (Wildman–Crippen MR) is 88.3 cm³/mol. The van der Waals surface area contributed by atoms with Gasteiger partial charge in [0.2, 0.25) is 0 Å². The molecule has 0 fully saturated rings. The molecule has 0 atom stereocenters. The number of aliphatic carboxylic acids is 1. The van der Waals surface area contributed by atoms with E-state index in [-0.39, 0.29) is 6.42 Å². The van der Waals surface area contributed by atoms with Gasteiger partial charge in [0.25, 0.3) is 0 Å². The summed E-state index contributed by atoms with van der Waals surface area (Å²) in [5.41, 5.74) is 3.66. The molecule has 0 N–H and O–H groups in total. The average molecular weight is 308 g/mol. The standard InChI is InChI=1S/C18H15NO2S/c1-12-6-2-3-7-13(12)10-14(11-17(20)21)18-19-15-8-4-5-9-16(15)22-18/h2-10H,11H2,1H3,(H,20,21)/p-1/b14-10+. The number of nitrogens with zero attached hydrogens (tertiary/aromatic N) is 1. The number of aromatic nitrogens is 1. The van der Waals surface area contributed by atoms with Crippen LogP contribution in [-0.4, -0.2) is 11.0 Å². The van der Waals surface area contributed by atoms with Crippen LogP contribution in [0.15, 0.2) is 48.5 Å². The first-order valence-electron chi connectivity index (χ1n) is 6.95. The molecule has 0 amide bonds. The number of thiazole rings is 1. The van der Waals surface area contributed by atoms with Crippen LogP contribution in [0, 0.1) is 6.92 Å². The van der Waals surface area contributed by atoms with Crippen molar-refractivity contribution < 1.29 is 9.90 Å². The van der Waals surface area contributed by atoms with Crippen molar-refractivity contribution in [3.05, 3.63) is 64.7 Å². The van der Waals surface area contributed by atoms with Crippen molar-refractivity contribution in [3.8, 4) is 0 Å². The zero-order valence-electron chi connectivity index (χ0n) is 12.1. The van der Waals surface area contributed by atoms with Crippen LogP contribution in [0.2, 0.25) is 0 Å². The number of fused-ring (bicyclic) bond motifs is 1. The van der Waals surface area contributed by atoms with Gasteiger partial charge in [0.1, 0.15) is 5.01 Å². The topological polar surface area (TPSA) is 53.0 Å². The van der Waals surface area contributed by atoms with Crippen LogP contribution in [0.1, 0.15) is 22.6 Å². The SMILES string of the molecule is Cc1ccccc1/C=C(\CC(=O)[O-])c1nc2ccccc2s1. The molecule has 0 radical (unpaired) electrons. The summed E-state index contributed by atoms with van der Waals surface area (Å²) in [6.07, 6.45) is 1.75. The number of hydrogen-bond donors (Lipinski definition) is 0. The van der Waals surface area contributed by atoms with E-state index >= 15 is 0 Å². The first-order chi connectivity index (χ1) is 10.6. The molecule has 4 heteroatoms. The van der Waals surface area contributed by atoms with E-state index in [9.17, 15) is 9.90 Å². The van der Waals surface area contributed by atoms with E-state index in [1.165, 1.54) is 11.3 Å². The molecule has 3 aromatic rings. The van der Waals surface area contributed by atoms with Crippen molar-refractivity contribution in [1.82, 2.24) is 4.98 Å². The molecule has 3 nitrogen and oxygen atoms in total. The second-order valence-corrected chi connectivity index (χ2v) is 6.09. The Morgan fingerprint density at radius 2 is 1.91 bits per heavy atom. The summed E-state index contributed by atoms with van der Waals surface area (Å²) in [7, 11) is 0. The van der Waals surface area contributed by atoms with Gasteiger partial charge in [0.05, 0.1) is 10.2 Å². The summed E-state index contributed by atoms with van der Waals surface area (Å²) in [5, 5.41) is 11.8. The maximum Gasteiger partial charge on any atom is 0.120 e. The Bertz CT molecular complexity index is 831. The number of carbonyl (C=O) groups excluding carboxylic acids is 1. The van der Waals surface area contributed by atoms with Gasteiger partial charge in [-0.1, -0.05) is 36.4 Å². The number of hydrogen-bond acceptors (Lipinski definition) is 4. The van der Waals surface area contributed by atoms with E-state index in [2.05, 4.69) is 4.98 Å². The van der Waals surface area contributed by atoms with Gasteiger partial charge in [-0.25, -0.2) is 4.98 Å². The Labute approximate surface area is 132 Å². The Morgan fingerprint density at radius 3 is 2.64 bits per heavy atom. The molecular formula is C18H14NO2S-. The van der Waals surface area contributed by atoms with Gasteiger partial charge in [-0.15, -0.1) is 11.3 Å². The number of benzene rings is 2. The fraction of sp³-hybridized carbons (Fsp3) is 0.111. The fourth-order valence-electron chi connectivity index (χ4n) is 2.29. The van der Waals surface area contributed by atoms with Crippen molar-refractivity contribution in [3.63, 3.8) is 0 Å². The fourth-order valence-corrected chi connectivity index (χ4v) is 3.27. The van der Waals surface area contributed by atoms with Gasteiger partial charge < -0.3 is 9.90 Å². The number of carbonyl (C=O) groups is 1. The maximum absolute atomic E-state index is 11.1. The minimum absolute atomic E-state index is 0.145. The number of rotatable bonds is 4. The summed E-state index contributed by atoms with van der Waals surface area (Å²) in [6, 6.07) is 15.7. The van der Waals surface area contributed by atoms with Crippen LogP contribution in [-0.2, 0) is 4.79 Å². The third-order valence-electron chi connectivity index (χ3n) is 3.42. The van der Waals surface area contributed by atoms with E-state index < -0.39 is 5.97 Å². The highest BCUT2D eigenvalue weighted by Crippen LogP contribution is 2.30. The Morgan fingerprint density at radius 1 is 1.18 bits per heavy atom. The van der Waals surface area contributed by atoms with Crippen LogP contribution < -0.4 is 5.11 Å². The van der Waals surface area contributed by atoms with Crippen molar-refractivity contribution in [1.29, 1.82) is 0 Å². The van der Waals surface area contributed by atoms with Crippen molar-refractivity contribution in [2.75, 3.05) is 0 Å². The highest BCUT2D eigenvalue weighted by Gasteiger charge is 2.10. The van der Waals surface area contributed by atoms with Crippen LogP contribution in [0.4, 0.5) is 0 Å². The number of carboxylic acids is 1. The third kappa shape index (κ3) is 3.07. The van der Waals surface area contributed by atoms with E-state index in [1.807, 2.05) is 61.5 Å². The first kappa shape index (κ1) is 14.5.